The molecule has 1 amide bonds. The van der Waals surface area contributed by atoms with E-state index in [1.165, 1.54) is 16.4 Å². The highest BCUT2D eigenvalue weighted by Crippen LogP contribution is 2.25. The fraction of sp³-hybridized carbons (Fsp3) is 0.160. The van der Waals surface area contributed by atoms with Crippen molar-refractivity contribution in [2.45, 2.75) is 24.9 Å². The van der Waals surface area contributed by atoms with Crippen LogP contribution in [0.5, 0.6) is 0 Å². The van der Waals surface area contributed by atoms with Gasteiger partial charge in [0.25, 0.3) is 15.9 Å². The number of rotatable bonds is 9. The zero-order chi connectivity index (χ0) is 23.3. The molecule has 2 aromatic carbocycles. The number of benzene rings is 2. The number of para-hydroxylation sites is 1. The molecule has 0 radical (unpaired) electrons. The second-order valence-corrected chi connectivity index (χ2v) is 10.2. The molecule has 0 fully saturated rings. The molecule has 0 aliphatic heterocycles. The molecule has 170 valence electrons. The summed E-state index contributed by atoms with van der Waals surface area (Å²) in [7, 11) is -3.84. The molecule has 0 atom stereocenters. The Morgan fingerprint density at radius 1 is 0.939 bits per heavy atom. The van der Waals surface area contributed by atoms with E-state index < -0.39 is 10.0 Å². The zero-order valence-corrected chi connectivity index (χ0v) is 19.8. The molecule has 0 bridgehead atoms. The maximum atomic E-state index is 13.5. The highest BCUT2D eigenvalue weighted by molar-refractivity contribution is 7.92. The highest BCUT2D eigenvalue weighted by atomic mass is 32.2. The van der Waals surface area contributed by atoms with Gasteiger partial charge in [-0.2, -0.15) is 0 Å². The molecule has 0 spiro atoms. The minimum atomic E-state index is -3.84. The first kappa shape index (κ1) is 22.8. The summed E-state index contributed by atoms with van der Waals surface area (Å²) in [5.41, 5.74) is 0.886. The topological polar surface area (TPSA) is 70.8 Å². The number of hydrogen-bond donors (Lipinski definition) is 0. The van der Waals surface area contributed by atoms with E-state index in [0.717, 1.165) is 4.88 Å². The van der Waals surface area contributed by atoms with Gasteiger partial charge < -0.3 is 9.32 Å². The van der Waals surface area contributed by atoms with E-state index in [1.54, 1.807) is 71.9 Å². The van der Waals surface area contributed by atoms with Crippen LogP contribution in [0.15, 0.2) is 99.8 Å². The maximum Gasteiger partial charge on any atom is 0.264 e. The SMILES string of the molecule is CCN(c1ccccc1)S(=O)(=O)c1cccc(C(=O)N(Cc2ccco2)Cc2cccs2)c1. The average Bonchev–Trinajstić information content (AvgIpc) is 3.54. The third kappa shape index (κ3) is 5.18. The van der Waals surface area contributed by atoms with Gasteiger partial charge in [-0.25, -0.2) is 8.42 Å². The number of hydrogen-bond acceptors (Lipinski definition) is 5. The quantitative estimate of drug-likeness (QED) is 0.322. The van der Waals surface area contributed by atoms with Gasteiger partial charge in [-0.1, -0.05) is 30.3 Å². The summed E-state index contributed by atoms with van der Waals surface area (Å²) in [6, 6.07) is 22.6. The van der Waals surface area contributed by atoms with Crippen molar-refractivity contribution in [3.63, 3.8) is 0 Å². The van der Waals surface area contributed by atoms with Crippen LogP contribution in [0.4, 0.5) is 5.69 Å². The fourth-order valence-electron chi connectivity index (χ4n) is 3.57. The monoisotopic (exact) mass is 480 g/mol. The summed E-state index contributed by atoms with van der Waals surface area (Å²) in [4.78, 5) is 16.2. The molecule has 0 saturated heterocycles. The normalized spacial score (nSPS) is 11.3. The Hall–Kier alpha value is -3.36. The summed E-state index contributed by atoms with van der Waals surface area (Å²) in [6.45, 7) is 2.74. The third-order valence-electron chi connectivity index (χ3n) is 5.14. The average molecular weight is 481 g/mol. The number of anilines is 1. The maximum absolute atomic E-state index is 13.5. The zero-order valence-electron chi connectivity index (χ0n) is 18.1. The third-order valence-corrected chi connectivity index (χ3v) is 7.90. The molecule has 6 nitrogen and oxygen atoms in total. The van der Waals surface area contributed by atoms with Gasteiger partial charge >= 0.3 is 0 Å². The van der Waals surface area contributed by atoms with Gasteiger partial charge in [0.1, 0.15) is 5.76 Å². The van der Waals surface area contributed by atoms with E-state index >= 15 is 0 Å². The van der Waals surface area contributed by atoms with Crippen LogP contribution in [0.1, 0.15) is 27.9 Å². The molecule has 0 unspecified atom stereocenters. The van der Waals surface area contributed by atoms with Crippen LogP contribution < -0.4 is 4.31 Å². The Labute approximate surface area is 197 Å². The van der Waals surface area contributed by atoms with Crippen LogP contribution in [-0.4, -0.2) is 25.8 Å². The van der Waals surface area contributed by atoms with Crippen molar-refractivity contribution in [1.82, 2.24) is 4.90 Å². The van der Waals surface area contributed by atoms with Gasteiger partial charge in [-0.15, -0.1) is 11.3 Å². The smallest absolute Gasteiger partial charge is 0.264 e. The van der Waals surface area contributed by atoms with Crippen LogP contribution in [0.3, 0.4) is 0 Å². The number of sulfonamides is 1. The van der Waals surface area contributed by atoms with Crippen molar-refractivity contribution in [1.29, 1.82) is 0 Å². The Morgan fingerprint density at radius 2 is 1.76 bits per heavy atom. The first-order valence-electron chi connectivity index (χ1n) is 10.5. The molecule has 4 aromatic rings. The van der Waals surface area contributed by atoms with Crippen LogP contribution in [-0.2, 0) is 23.1 Å². The number of carbonyl (C=O) groups excluding carboxylic acids is 1. The van der Waals surface area contributed by atoms with Gasteiger partial charge in [0.05, 0.1) is 29.9 Å². The predicted molar refractivity (Wildman–Crippen MR) is 130 cm³/mol. The molecule has 0 N–H and O–H groups in total. The standard InChI is InChI=1S/C25H24N2O4S2/c1-2-27(21-10-4-3-5-11-21)33(29,30)24-14-6-9-20(17-24)25(28)26(18-22-12-7-15-31-22)19-23-13-8-16-32-23/h3-17H,2,18-19H2,1H3. The summed E-state index contributed by atoms with van der Waals surface area (Å²) >= 11 is 1.56. The molecule has 33 heavy (non-hydrogen) atoms. The molecule has 0 aliphatic carbocycles. The van der Waals surface area contributed by atoms with E-state index in [-0.39, 0.29) is 23.9 Å². The van der Waals surface area contributed by atoms with Crippen molar-refractivity contribution in [3.05, 3.63) is 107 Å². The Balaban J connectivity index is 1.65. The molecular weight excluding hydrogens is 456 g/mol. The number of amides is 1. The Morgan fingerprint density at radius 3 is 2.42 bits per heavy atom. The second kappa shape index (κ2) is 10.1. The number of furan rings is 1. The lowest BCUT2D eigenvalue weighted by Crippen LogP contribution is -2.32. The van der Waals surface area contributed by atoms with Crippen molar-refractivity contribution < 1.29 is 17.6 Å². The molecule has 2 aromatic heterocycles. The summed E-state index contributed by atoms with van der Waals surface area (Å²) in [6.07, 6.45) is 1.57. The van der Waals surface area contributed by atoms with Crippen molar-refractivity contribution in [2.75, 3.05) is 10.8 Å². The van der Waals surface area contributed by atoms with Gasteiger partial charge in [-0.3, -0.25) is 9.10 Å². The largest absolute Gasteiger partial charge is 0.467 e. The first-order chi connectivity index (χ1) is 16.0. The van der Waals surface area contributed by atoms with Gasteiger partial charge in [0.2, 0.25) is 0 Å². The van der Waals surface area contributed by atoms with Gasteiger partial charge in [0.15, 0.2) is 0 Å². The molecule has 0 saturated carbocycles. The molecule has 0 aliphatic rings. The second-order valence-electron chi connectivity index (χ2n) is 7.35. The van der Waals surface area contributed by atoms with E-state index in [1.807, 2.05) is 29.6 Å². The summed E-state index contributed by atoms with van der Waals surface area (Å²) in [5.74, 6) is 0.393. The van der Waals surface area contributed by atoms with Crippen molar-refractivity contribution in [2.24, 2.45) is 0 Å². The lowest BCUT2D eigenvalue weighted by Gasteiger charge is -2.24. The van der Waals surface area contributed by atoms with Crippen molar-refractivity contribution in [3.8, 4) is 0 Å². The molecular formula is C25H24N2O4S2. The highest BCUT2D eigenvalue weighted by Gasteiger charge is 2.26. The van der Waals surface area contributed by atoms with Crippen molar-refractivity contribution >= 4 is 33.0 Å². The summed E-state index contributed by atoms with van der Waals surface area (Å²) in [5, 5.41) is 1.96. The van der Waals surface area contributed by atoms with Crippen LogP contribution in [0, 0.1) is 0 Å². The minimum Gasteiger partial charge on any atom is -0.467 e. The Kier molecular flexibility index (Phi) is 6.96. The van der Waals surface area contributed by atoms with Crippen LogP contribution in [0.25, 0.3) is 0 Å². The van der Waals surface area contributed by atoms with E-state index in [0.29, 0.717) is 23.6 Å². The number of carbonyl (C=O) groups is 1. The van der Waals surface area contributed by atoms with Crippen LogP contribution in [0.2, 0.25) is 0 Å². The predicted octanol–water partition coefficient (Wildman–Crippen LogP) is 5.40. The van der Waals surface area contributed by atoms with E-state index in [2.05, 4.69) is 0 Å². The number of nitrogens with zero attached hydrogens (tertiary/aromatic N) is 2. The minimum absolute atomic E-state index is 0.0770. The van der Waals surface area contributed by atoms with Gasteiger partial charge in [0, 0.05) is 17.0 Å². The lowest BCUT2D eigenvalue weighted by molar-refractivity contribution is 0.0719. The molecule has 2 heterocycles. The first-order valence-corrected chi connectivity index (χ1v) is 12.8. The Bertz CT molecular complexity index is 1250. The fourth-order valence-corrected chi connectivity index (χ4v) is 5.81. The molecule has 8 heteroatoms. The van der Waals surface area contributed by atoms with Crippen LogP contribution >= 0.6 is 11.3 Å². The molecule has 4 rings (SSSR count). The van der Waals surface area contributed by atoms with Gasteiger partial charge in [-0.05, 0) is 60.8 Å². The van der Waals surface area contributed by atoms with E-state index in [9.17, 15) is 13.2 Å². The lowest BCUT2D eigenvalue weighted by atomic mass is 10.2. The van der Waals surface area contributed by atoms with E-state index in [4.69, 9.17) is 4.42 Å². The number of thiophene rings is 1. The summed E-state index contributed by atoms with van der Waals surface area (Å²) < 4.78 is 33.6.